The topological polar surface area (TPSA) is 45.8 Å². The van der Waals surface area contributed by atoms with Gasteiger partial charge in [-0.3, -0.25) is 4.90 Å². The lowest BCUT2D eigenvalue weighted by atomic mass is 10.1. The Bertz CT molecular complexity index is 840. The minimum absolute atomic E-state index is 0.123. The molecule has 1 aromatic heterocycles. The van der Waals surface area contributed by atoms with Crippen LogP contribution in [0.25, 0.3) is 0 Å². The summed E-state index contributed by atoms with van der Waals surface area (Å²) in [5, 5.41) is 10.4. The molecule has 0 saturated heterocycles. The van der Waals surface area contributed by atoms with Gasteiger partial charge in [0.25, 0.3) is 0 Å². The van der Waals surface area contributed by atoms with Crippen molar-refractivity contribution < 1.29 is 23.0 Å². The first-order chi connectivity index (χ1) is 13.6. The smallest absolute Gasteiger partial charge is 0.130 e. The molecule has 1 N–H and O–H groups in total. The summed E-state index contributed by atoms with van der Waals surface area (Å²) in [6.07, 6.45) is 0.802. The van der Waals surface area contributed by atoms with Crippen LogP contribution < -0.4 is 0 Å². The fourth-order valence-electron chi connectivity index (χ4n) is 2.96. The molecule has 0 aliphatic rings. The predicted octanol–water partition coefficient (Wildman–Crippen LogP) is 4.14. The van der Waals surface area contributed by atoms with Crippen LogP contribution >= 0.6 is 0 Å². The van der Waals surface area contributed by atoms with Crippen molar-refractivity contribution in [1.29, 1.82) is 0 Å². The van der Waals surface area contributed by atoms with E-state index in [4.69, 9.17) is 9.15 Å². The summed E-state index contributed by atoms with van der Waals surface area (Å²) < 4.78 is 37.9. The van der Waals surface area contributed by atoms with Crippen molar-refractivity contribution >= 4 is 0 Å². The van der Waals surface area contributed by atoms with Gasteiger partial charge in [-0.25, -0.2) is 8.78 Å². The summed E-state index contributed by atoms with van der Waals surface area (Å²) in [5.41, 5.74) is 1.41. The molecule has 4 nitrogen and oxygen atoms in total. The summed E-state index contributed by atoms with van der Waals surface area (Å²) in [7, 11) is 0. The Hall–Kier alpha value is -2.54. The monoisotopic (exact) mass is 387 g/mol. The fourth-order valence-corrected chi connectivity index (χ4v) is 2.96. The van der Waals surface area contributed by atoms with Gasteiger partial charge in [0.05, 0.1) is 19.0 Å². The van der Waals surface area contributed by atoms with Crippen molar-refractivity contribution in [2.75, 3.05) is 13.2 Å². The van der Waals surface area contributed by atoms with Gasteiger partial charge in [-0.1, -0.05) is 36.4 Å². The number of furan rings is 1. The van der Waals surface area contributed by atoms with Crippen molar-refractivity contribution in [3.05, 3.63) is 95.4 Å². The highest BCUT2D eigenvalue weighted by Gasteiger charge is 2.16. The van der Waals surface area contributed by atoms with Crippen LogP contribution in [0.1, 0.15) is 16.9 Å². The molecule has 28 heavy (non-hydrogen) atoms. The third kappa shape index (κ3) is 6.27. The SMILES string of the molecule is OC(COCc1ccco1)CN(Cc1ccccc1)Cc1ccc(F)cc1F. The predicted molar refractivity (Wildman–Crippen MR) is 101 cm³/mol. The van der Waals surface area contributed by atoms with Crippen molar-refractivity contribution in [2.45, 2.75) is 25.8 Å². The van der Waals surface area contributed by atoms with Crippen LogP contribution in [-0.4, -0.2) is 29.3 Å². The molecule has 0 saturated carbocycles. The Labute approximate surface area is 163 Å². The van der Waals surface area contributed by atoms with Crippen LogP contribution in [0.2, 0.25) is 0 Å². The maximum atomic E-state index is 14.1. The van der Waals surface area contributed by atoms with Gasteiger partial charge in [-0.2, -0.15) is 0 Å². The zero-order valence-corrected chi connectivity index (χ0v) is 15.4. The maximum absolute atomic E-state index is 14.1. The lowest BCUT2D eigenvalue weighted by Gasteiger charge is -2.25. The van der Waals surface area contributed by atoms with Crippen molar-refractivity contribution in [3.8, 4) is 0 Å². The van der Waals surface area contributed by atoms with E-state index in [2.05, 4.69) is 0 Å². The number of halogens is 2. The lowest BCUT2D eigenvalue weighted by molar-refractivity contribution is 0.00238. The summed E-state index contributed by atoms with van der Waals surface area (Å²) in [4.78, 5) is 1.91. The third-order valence-electron chi connectivity index (χ3n) is 4.26. The third-order valence-corrected chi connectivity index (χ3v) is 4.26. The van der Waals surface area contributed by atoms with Gasteiger partial charge in [-0.05, 0) is 23.8 Å². The first kappa shape index (κ1) is 20.2. The Kier molecular flexibility index (Phi) is 7.31. The van der Waals surface area contributed by atoms with Crippen LogP contribution in [0.5, 0.6) is 0 Å². The molecule has 0 radical (unpaired) electrons. The van der Waals surface area contributed by atoms with Gasteiger partial charge in [-0.15, -0.1) is 0 Å². The van der Waals surface area contributed by atoms with E-state index < -0.39 is 17.7 Å². The molecule has 3 aromatic rings. The molecule has 0 aliphatic carbocycles. The molecule has 1 atom stereocenters. The largest absolute Gasteiger partial charge is 0.467 e. The molecule has 148 valence electrons. The highest BCUT2D eigenvalue weighted by atomic mass is 19.1. The molecule has 0 aliphatic heterocycles. The van der Waals surface area contributed by atoms with Crippen LogP contribution in [0.15, 0.2) is 71.3 Å². The summed E-state index contributed by atoms with van der Waals surface area (Å²) >= 11 is 0. The average Bonchev–Trinajstić information content (AvgIpc) is 3.18. The quantitative estimate of drug-likeness (QED) is 0.568. The van der Waals surface area contributed by atoms with Crippen LogP contribution in [0.3, 0.4) is 0 Å². The molecule has 0 spiro atoms. The molecule has 1 heterocycles. The molecule has 0 amide bonds. The van der Waals surface area contributed by atoms with E-state index >= 15 is 0 Å². The first-order valence-corrected chi connectivity index (χ1v) is 9.08. The van der Waals surface area contributed by atoms with Crippen molar-refractivity contribution in [2.24, 2.45) is 0 Å². The minimum Gasteiger partial charge on any atom is -0.467 e. The van der Waals surface area contributed by atoms with Gasteiger partial charge >= 0.3 is 0 Å². The van der Waals surface area contributed by atoms with Crippen LogP contribution in [0.4, 0.5) is 8.78 Å². The van der Waals surface area contributed by atoms with Crippen molar-refractivity contribution in [3.63, 3.8) is 0 Å². The Morgan fingerprint density at radius 1 is 1.00 bits per heavy atom. The molecule has 3 rings (SSSR count). The Morgan fingerprint density at radius 2 is 1.82 bits per heavy atom. The second-order valence-corrected chi connectivity index (χ2v) is 6.64. The Morgan fingerprint density at radius 3 is 2.54 bits per heavy atom. The summed E-state index contributed by atoms with van der Waals surface area (Å²) in [6.45, 7) is 1.44. The number of rotatable bonds is 10. The van der Waals surface area contributed by atoms with Gasteiger partial charge < -0.3 is 14.3 Å². The Balaban J connectivity index is 1.61. The highest BCUT2D eigenvalue weighted by molar-refractivity contribution is 5.19. The van der Waals surface area contributed by atoms with E-state index in [1.54, 1.807) is 18.4 Å². The second kappa shape index (κ2) is 10.1. The van der Waals surface area contributed by atoms with Crippen molar-refractivity contribution in [1.82, 2.24) is 4.90 Å². The molecule has 1 unspecified atom stereocenters. The molecular weight excluding hydrogens is 364 g/mol. The first-order valence-electron chi connectivity index (χ1n) is 9.08. The maximum Gasteiger partial charge on any atom is 0.130 e. The number of aliphatic hydroxyl groups is 1. The normalized spacial score (nSPS) is 12.4. The molecular formula is C22H23F2NO3. The van der Waals surface area contributed by atoms with E-state index in [1.165, 1.54) is 12.1 Å². The van der Waals surface area contributed by atoms with Crippen LogP contribution in [-0.2, 0) is 24.4 Å². The van der Waals surface area contributed by atoms with Gasteiger partial charge in [0.2, 0.25) is 0 Å². The number of benzene rings is 2. The fraction of sp³-hybridized carbons (Fsp3) is 0.273. The van der Waals surface area contributed by atoms with Gasteiger partial charge in [0.1, 0.15) is 24.0 Å². The molecule has 0 bridgehead atoms. The number of hydrogen-bond donors (Lipinski definition) is 1. The zero-order chi connectivity index (χ0) is 19.8. The van der Waals surface area contributed by atoms with E-state index in [-0.39, 0.29) is 26.3 Å². The highest BCUT2D eigenvalue weighted by Crippen LogP contribution is 2.15. The van der Waals surface area contributed by atoms with Crippen LogP contribution in [0, 0.1) is 11.6 Å². The van der Waals surface area contributed by atoms with E-state index in [0.29, 0.717) is 17.9 Å². The van der Waals surface area contributed by atoms with E-state index in [9.17, 15) is 13.9 Å². The second-order valence-electron chi connectivity index (χ2n) is 6.64. The summed E-state index contributed by atoms with van der Waals surface area (Å²) in [5.74, 6) is -0.523. The lowest BCUT2D eigenvalue weighted by Crippen LogP contribution is -2.34. The summed E-state index contributed by atoms with van der Waals surface area (Å²) in [6, 6.07) is 16.8. The minimum atomic E-state index is -0.762. The standard InChI is InChI=1S/C22H23F2NO3/c23-19-9-8-18(22(24)11-19)13-25(12-17-5-2-1-3-6-17)14-20(26)15-27-16-21-7-4-10-28-21/h1-11,20,26H,12-16H2. The molecule has 2 aromatic carbocycles. The average molecular weight is 387 g/mol. The number of ether oxygens (including phenoxy) is 1. The molecule has 6 heteroatoms. The van der Waals surface area contributed by atoms with Gasteiger partial charge in [0, 0.05) is 31.3 Å². The van der Waals surface area contributed by atoms with Gasteiger partial charge in [0.15, 0.2) is 0 Å². The number of hydrogen-bond acceptors (Lipinski definition) is 4. The number of nitrogens with zero attached hydrogens (tertiary/aromatic N) is 1. The zero-order valence-electron chi connectivity index (χ0n) is 15.4. The molecule has 0 fully saturated rings. The van der Waals surface area contributed by atoms with E-state index in [1.807, 2.05) is 35.2 Å². The van der Waals surface area contributed by atoms with E-state index in [0.717, 1.165) is 11.6 Å². The number of aliphatic hydroxyl groups excluding tert-OH is 1.